The molecule has 0 fully saturated rings. The average Bonchev–Trinajstić information content (AvgIpc) is 2.83. The van der Waals surface area contributed by atoms with E-state index in [0.717, 1.165) is 41.6 Å². The molecule has 0 spiro atoms. The van der Waals surface area contributed by atoms with Gasteiger partial charge in [0.2, 0.25) is 0 Å². The minimum atomic E-state index is -0.463. The van der Waals surface area contributed by atoms with Crippen molar-refractivity contribution in [3.8, 4) is 0 Å². The lowest BCUT2D eigenvalue weighted by atomic mass is 10.1. The molecule has 8 heteroatoms. The molecular weight excluding hydrogens is 376 g/mol. The van der Waals surface area contributed by atoms with Gasteiger partial charge in [-0.1, -0.05) is 12.5 Å². The summed E-state index contributed by atoms with van der Waals surface area (Å²) in [5.41, 5.74) is 9.87. The number of nitro groups is 1. The van der Waals surface area contributed by atoms with E-state index in [2.05, 4.69) is 11.4 Å². The smallest absolute Gasteiger partial charge is 0.274 e. The molecule has 1 aliphatic rings. The van der Waals surface area contributed by atoms with Crippen molar-refractivity contribution in [1.82, 2.24) is 4.98 Å². The molecule has 0 saturated carbocycles. The number of rotatable bonds is 3. The van der Waals surface area contributed by atoms with Gasteiger partial charge in [0.15, 0.2) is 0 Å². The molecule has 28 heavy (non-hydrogen) atoms. The van der Waals surface area contributed by atoms with Gasteiger partial charge in [0, 0.05) is 28.4 Å². The summed E-state index contributed by atoms with van der Waals surface area (Å²) in [7, 11) is 0. The fourth-order valence-electron chi connectivity index (χ4n) is 3.58. The minimum Gasteiger partial charge on any atom is -0.397 e. The number of thiophene rings is 1. The first-order valence-corrected chi connectivity index (χ1v) is 10.0. The van der Waals surface area contributed by atoms with Gasteiger partial charge < -0.3 is 11.1 Å². The zero-order valence-electron chi connectivity index (χ0n) is 15.4. The van der Waals surface area contributed by atoms with Crippen molar-refractivity contribution in [1.29, 1.82) is 0 Å². The number of aryl methyl sites for hydroxylation is 3. The number of aromatic nitrogens is 1. The number of fused-ring (bicyclic) bond motifs is 2. The highest BCUT2D eigenvalue weighted by atomic mass is 32.1. The Hall–Kier alpha value is -3.00. The number of anilines is 2. The molecule has 3 aromatic rings. The first-order chi connectivity index (χ1) is 13.4. The van der Waals surface area contributed by atoms with Crippen LogP contribution in [0.5, 0.6) is 0 Å². The Morgan fingerprint density at radius 1 is 1.25 bits per heavy atom. The van der Waals surface area contributed by atoms with E-state index in [1.54, 1.807) is 19.1 Å². The van der Waals surface area contributed by atoms with E-state index in [9.17, 15) is 14.9 Å². The molecule has 0 aliphatic heterocycles. The molecule has 2 heterocycles. The maximum absolute atomic E-state index is 12.8. The van der Waals surface area contributed by atoms with Gasteiger partial charge in [0.1, 0.15) is 9.71 Å². The van der Waals surface area contributed by atoms with Gasteiger partial charge in [-0.05, 0) is 50.3 Å². The lowest BCUT2D eigenvalue weighted by Gasteiger charge is -2.06. The van der Waals surface area contributed by atoms with Gasteiger partial charge in [-0.15, -0.1) is 11.3 Å². The molecule has 1 aliphatic carbocycles. The third kappa shape index (κ3) is 3.31. The van der Waals surface area contributed by atoms with E-state index < -0.39 is 4.92 Å². The zero-order chi connectivity index (χ0) is 19.8. The number of nitro benzene ring substituents is 1. The number of nitrogen functional groups attached to an aromatic ring is 1. The summed E-state index contributed by atoms with van der Waals surface area (Å²) in [6.07, 6.45) is 5.42. The molecule has 7 nitrogen and oxygen atoms in total. The molecule has 4 rings (SSSR count). The second-order valence-electron chi connectivity index (χ2n) is 7.06. The van der Waals surface area contributed by atoms with Gasteiger partial charge in [-0.3, -0.25) is 14.9 Å². The van der Waals surface area contributed by atoms with E-state index >= 15 is 0 Å². The van der Waals surface area contributed by atoms with Crippen molar-refractivity contribution < 1.29 is 9.72 Å². The van der Waals surface area contributed by atoms with Crippen LogP contribution in [0.25, 0.3) is 10.2 Å². The topological polar surface area (TPSA) is 111 Å². The van der Waals surface area contributed by atoms with Crippen LogP contribution in [0.15, 0.2) is 24.3 Å². The Morgan fingerprint density at radius 2 is 2.04 bits per heavy atom. The first-order valence-electron chi connectivity index (χ1n) is 9.21. The summed E-state index contributed by atoms with van der Waals surface area (Å²) < 4.78 is 0. The lowest BCUT2D eigenvalue weighted by Crippen LogP contribution is -2.12. The van der Waals surface area contributed by atoms with Crippen LogP contribution in [0.1, 0.15) is 45.8 Å². The predicted octanol–water partition coefficient (Wildman–Crippen LogP) is 4.62. The van der Waals surface area contributed by atoms with E-state index in [-0.39, 0.29) is 11.6 Å². The summed E-state index contributed by atoms with van der Waals surface area (Å²) in [5.74, 6) is -0.381. The molecule has 2 aromatic heterocycles. The number of nitrogens with two attached hydrogens (primary N) is 1. The van der Waals surface area contributed by atoms with Crippen molar-refractivity contribution in [3.05, 3.63) is 56.1 Å². The largest absolute Gasteiger partial charge is 0.397 e. The highest BCUT2D eigenvalue weighted by molar-refractivity contribution is 7.21. The van der Waals surface area contributed by atoms with Gasteiger partial charge in [0.05, 0.1) is 10.6 Å². The monoisotopic (exact) mass is 396 g/mol. The third-order valence-corrected chi connectivity index (χ3v) is 6.23. The molecule has 0 saturated heterocycles. The Balaban J connectivity index is 1.67. The summed E-state index contributed by atoms with van der Waals surface area (Å²) >= 11 is 1.26. The SMILES string of the molecule is Cc1ccc(NC(=O)c2sc3nc4c(cc3c2N)CCCCC4)cc1[N+](=O)[O-]. The molecule has 144 valence electrons. The maximum Gasteiger partial charge on any atom is 0.274 e. The van der Waals surface area contributed by atoms with Crippen LogP contribution in [0.3, 0.4) is 0 Å². The van der Waals surface area contributed by atoms with Crippen LogP contribution >= 0.6 is 11.3 Å². The standard InChI is InChI=1S/C20H20N4O3S/c1-11-7-8-13(10-16(11)24(26)27)22-19(25)18-17(21)14-9-12-5-3-2-4-6-15(12)23-20(14)28-18/h7-10H,2-6,21H2,1H3,(H,22,25). The van der Waals surface area contributed by atoms with Crippen LogP contribution in [0, 0.1) is 17.0 Å². The summed E-state index contributed by atoms with van der Waals surface area (Å²) in [5, 5.41) is 14.7. The summed E-state index contributed by atoms with van der Waals surface area (Å²) in [6.45, 7) is 1.66. The van der Waals surface area contributed by atoms with Crippen LogP contribution in [0.2, 0.25) is 0 Å². The minimum absolute atomic E-state index is 0.0347. The number of hydrogen-bond acceptors (Lipinski definition) is 6. The van der Waals surface area contributed by atoms with Gasteiger partial charge in [0.25, 0.3) is 11.6 Å². The number of pyridine rings is 1. The fourth-order valence-corrected chi connectivity index (χ4v) is 4.57. The Bertz CT molecular complexity index is 1110. The van der Waals surface area contributed by atoms with Crippen molar-refractivity contribution in [2.24, 2.45) is 0 Å². The quantitative estimate of drug-likeness (QED) is 0.381. The Kier molecular flexibility index (Phi) is 4.72. The number of hydrogen-bond donors (Lipinski definition) is 2. The molecule has 0 bridgehead atoms. The van der Waals surface area contributed by atoms with Gasteiger partial charge >= 0.3 is 0 Å². The summed E-state index contributed by atoms with van der Waals surface area (Å²) in [4.78, 5) is 29.3. The predicted molar refractivity (Wildman–Crippen MR) is 111 cm³/mol. The molecule has 0 unspecified atom stereocenters. The maximum atomic E-state index is 12.8. The van der Waals surface area contributed by atoms with E-state index in [4.69, 9.17) is 10.7 Å². The third-order valence-electron chi connectivity index (χ3n) is 5.12. The van der Waals surface area contributed by atoms with Crippen molar-refractivity contribution in [2.75, 3.05) is 11.1 Å². The second kappa shape index (κ2) is 7.20. The number of amides is 1. The summed E-state index contributed by atoms with van der Waals surface area (Å²) in [6, 6.07) is 6.68. The first kappa shape index (κ1) is 18.4. The number of nitrogens with one attached hydrogen (secondary N) is 1. The average molecular weight is 396 g/mol. The van der Waals surface area contributed by atoms with Crippen LogP contribution in [-0.4, -0.2) is 15.8 Å². The zero-order valence-corrected chi connectivity index (χ0v) is 16.3. The van der Waals surface area contributed by atoms with Crippen LogP contribution < -0.4 is 11.1 Å². The normalized spacial score (nSPS) is 13.8. The van der Waals surface area contributed by atoms with Crippen molar-refractivity contribution >= 4 is 44.5 Å². The molecule has 0 atom stereocenters. The Morgan fingerprint density at radius 3 is 2.82 bits per heavy atom. The number of carbonyl (C=O) groups excluding carboxylic acids is 1. The Labute approximate surface area is 165 Å². The molecule has 1 amide bonds. The molecule has 0 radical (unpaired) electrons. The lowest BCUT2D eigenvalue weighted by molar-refractivity contribution is -0.385. The highest BCUT2D eigenvalue weighted by Gasteiger charge is 2.21. The second-order valence-corrected chi connectivity index (χ2v) is 8.06. The highest BCUT2D eigenvalue weighted by Crippen LogP contribution is 2.36. The molecular formula is C20H20N4O3S. The number of nitrogens with zero attached hydrogens (tertiary/aromatic N) is 2. The fraction of sp³-hybridized carbons (Fsp3) is 0.300. The molecule has 3 N–H and O–H groups in total. The van der Waals surface area contributed by atoms with Crippen LogP contribution in [-0.2, 0) is 12.8 Å². The molecule has 1 aromatic carbocycles. The van der Waals surface area contributed by atoms with Gasteiger partial charge in [-0.25, -0.2) is 4.98 Å². The van der Waals surface area contributed by atoms with E-state index in [1.165, 1.54) is 29.4 Å². The van der Waals surface area contributed by atoms with Gasteiger partial charge in [-0.2, -0.15) is 0 Å². The number of carbonyl (C=O) groups is 1. The van der Waals surface area contributed by atoms with Crippen LogP contribution in [0.4, 0.5) is 17.1 Å². The van der Waals surface area contributed by atoms with Crippen molar-refractivity contribution in [2.45, 2.75) is 39.0 Å². The van der Waals surface area contributed by atoms with E-state index in [1.807, 2.05) is 0 Å². The number of benzene rings is 1. The van der Waals surface area contributed by atoms with E-state index in [0.29, 0.717) is 21.8 Å². The van der Waals surface area contributed by atoms with Crippen molar-refractivity contribution in [3.63, 3.8) is 0 Å².